The van der Waals surface area contributed by atoms with Crippen LogP contribution in [0.25, 0.3) is 0 Å². The molecule has 0 aliphatic carbocycles. The van der Waals surface area contributed by atoms with Gasteiger partial charge in [-0.3, -0.25) is 4.79 Å². The second-order valence-electron chi connectivity index (χ2n) is 2.42. The van der Waals surface area contributed by atoms with Gasteiger partial charge in [-0.2, -0.15) is 0 Å². The molecule has 11 heavy (non-hydrogen) atoms. The van der Waals surface area contributed by atoms with Crippen molar-refractivity contribution >= 4 is 29.5 Å². The summed E-state index contributed by atoms with van der Waals surface area (Å²) in [6.07, 6.45) is 0.0602. The summed E-state index contributed by atoms with van der Waals surface area (Å²) in [5, 5.41) is 0. The van der Waals surface area contributed by atoms with E-state index in [4.69, 9.17) is 4.74 Å². The van der Waals surface area contributed by atoms with Gasteiger partial charge in [-0.1, -0.05) is 0 Å². The van der Waals surface area contributed by atoms with Crippen LogP contribution in [0.2, 0.25) is 0 Å². The monoisotopic (exact) mass is 192 g/mol. The van der Waals surface area contributed by atoms with Crippen molar-refractivity contribution in [2.45, 2.75) is 24.5 Å². The largest absolute Gasteiger partial charge is 0.461 e. The van der Waals surface area contributed by atoms with Crippen molar-refractivity contribution in [2.24, 2.45) is 0 Å². The zero-order chi connectivity index (χ0) is 8.27. The fourth-order valence-corrected chi connectivity index (χ4v) is 3.81. The SMILES string of the molecule is CC(=O)O[C@H](C)C1SCCS1. The standard InChI is InChI=1S/C7H12O2S2/c1-5(9-6(2)8)7-10-3-4-11-7/h5,7H,3-4H2,1-2H3/t5-/m1/s1. The van der Waals surface area contributed by atoms with Crippen molar-refractivity contribution < 1.29 is 9.53 Å². The van der Waals surface area contributed by atoms with Crippen LogP contribution in [0, 0.1) is 0 Å². The highest BCUT2D eigenvalue weighted by Crippen LogP contribution is 2.35. The van der Waals surface area contributed by atoms with Crippen molar-refractivity contribution in [1.29, 1.82) is 0 Å². The molecule has 0 N–H and O–H groups in total. The van der Waals surface area contributed by atoms with Crippen LogP contribution in [0.5, 0.6) is 0 Å². The maximum Gasteiger partial charge on any atom is 0.302 e. The van der Waals surface area contributed by atoms with Gasteiger partial charge in [0.05, 0.1) is 4.58 Å². The van der Waals surface area contributed by atoms with E-state index in [0.29, 0.717) is 4.58 Å². The minimum Gasteiger partial charge on any atom is -0.461 e. The molecule has 64 valence electrons. The summed E-state index contributed by atoms with van der Waals surface area (Å²) < 4.78 is 5.51. The number of hydrogen-bond donors (Lipinski definition) is 0. The van der Waals surface area contributed by atoms with Gasteiger partial charge in [-0.25, -0.2) is 0 Å². The molecule has 1 atom stereocenters. The normalized spacial score (nSPS) is 21.6. The summed E-state index contributed by atoms with van der Waals surface area (Å²) in [4.78, 5) is 10.6. The van der Waals surface area contributed by atoms with Crippen LogP contribution in [0.4, 0.5) is 0 Å². The van der Waals surface area contributed by atoms with E-state index >= 15 is 0 Å². The average molecular weight is 192 g/mol. The van der Waals surface area contributed by atoms with Crippen LogP contribution in [-0.4, -0.2) is 28.2 Å². The van der Waals surface area contributed by atoms with E-state index in [-0.39, 0.29) is 12.1 Å². The van der Waals surface area contributed by atoms with Crippen LogP contribution < -0.4 is 0 Å². The van der Waals surface area contributed by atoms with Gasteiger partial charge in [0, 0.05) is 18.4 Å². The van der Waals surface area contributed by atoms with Crippen molar-refractivity contribution in [3.63, 3.8) is 0 Å². The number of thioether (sulfide) groups is 2. The molecule has 2 nitrogen and oxygen atoms in total. The van der Waals surface area contributed by atoms with Gasteiger partial charge in [-0.15, -0.1) is 23.5 Å². The fraction of sp³-hybridized carbons (Fsp3) is 0.857. The van der Waals surface area contributed by atoms with Gasteiger partial charge in [0.15, 0.2) is 0 Å². The molecular formula is C7H12O2S2. The third kappa shape index (κ3) is 2.95. The second kappa shape index (κ2) is 4.26. The highest BCUT2D eigenvalue weighted by molar-refractivity contribution is 8.20. The summed E-state index contributed by atoms with van der Waals surface area (Å²) in [7, 11) is 0. The van der Waals surface area contributed by atoms with E-state index in [9.17, 15) is 4.79 Å². The topological polar surface area (TPSA) is 26.3 Å². The number of carbonyl (C=O) groups is 1. The summed E-state index contributed by atoms with van der Waals surface area (Å²) >= 11 is 3.76. The molecular weight excluding hydrogens is 180 g/mol. The Kier molecular flexibility index (Phi) is 3.59. The number of hydrogen-bond acceptors (Lipinski definition) is 4. The number of ether oxygens (including phenoxy) is 1. The predicted molar refractivity (Wildman–Crippen MR) is 49.9 cm³/mol. The van der Waals surface area contributed by atoms with E-state index in [0.717, 1.165) is 0 Å². The first-order valence-corrected chi connectivity index (χ1v) is 5.70. The van der Waals surface area contributed by atoms with Crippen LogP contribution in [0.1, 0.15) is 13.8 Å². The van der Waals surface area contributed by atoms with Gasteiger partial charge in [0.25, 0.3) is 0 Å². The van der Waals surface area contributed by atoms with Crippen LogP contribution in [-0.2, 0) is 9.53 Å². The highest BCUT2D eigenvalue weighted by atomic mass is 32.2. The Morgan fingerprint density at radius 1 is 1.55 bits per heavy atom. The first-order valence-electron chi connectivity index (χ1n) is 3.60. The first-order chi connectivity index (χ1) is 5.20. The molecule has 1 saturated heterocycles. The molecule has 1 rings (SSSR count). The van der Waals surface area contributed by atoms with Crippen LogP contribution in [0.3, 0.4) is 0 Å². The van der Waals surface area contributed by atoms with Gasteiger partial charge in [0.2, 0.25) is 0 Å². The lowest BCUT2D eigenvalue weighted by atomic mass is 10.5. The Balaban J connectivity index is 2.28. The molecule has 1 heterocycles. The Labute approximate surface area is 75.4 Å². The Morgan fingerprint density at radius 3 is 2.55 bits per heavy atom. The second-order valence-corrected chi connectivity index (χ2v) is 5.22. The molecule has 0 amide bonds. The van der Waals surface area contributed by atoms with E-state index < -0.39 is 0 Å². The molecule has 4 heteroatoms. The minimum absolute atomic E-state index is 0.0602. The first kappa shape index (κ1) is 9.26. The smallest absolute Gasteiger partial charge is 0.302 e. The molecule has 0 saturated carbocycles. The third-order valence-corrected chi connectivity index (χ3v) is 4.76. The van der Waals surface area contributed by atoms with Gasteiger partial charge in [-0.05, 0) is 6.92 Å². The van der Waals surface area contributed by atoms with Crippen molar-refractivity contribution in [2.75, 3.05) is 11.5 Å². The summed E-state index contributed by atoms with van der Waals surface area (Å²) in [5.41, 5.74) is 0. The lowest BCUT2D eigenvalue weighted by Gasteiger charge is -2.16. The highest BCUT2D eigenvalue weighted by Gasteiger charge is 2.24. The Morgan fingerprint density at radius 2 is 2.09 bits per heavy atom. The Bertz CT molecular complexity index is 143. The Hall–Kier alpha value is 0.170. The number of rotatable bonds is 2. The van der Waals surface area contributed by atoms with E-state index in [2.05, 4.69) is 0 Å². The molecule has 0 radical (unpaired) electrons. The molecule has 1 fully saturated rings. The predicted octanol–water partition coefficient (Wildman–Crippen LogP) is 1.74. The van der Waals surface area contributed by atoms with E-state index in [1.807, 2.05) is 30.4 Å². The van der Waals surface area contributed by atoms with E-state index in [1.54, 1.807) is 0 Å². The van der Waals surface area contributed by atoms with Gasteiger partial charge >= 0.3 is 5.97 Å². The van der Waals surface area contributed by atoms with Crippen molar-refractivity contribution in [1.82, 2.24) is 0 Å². The molecule has 0 aromatic rings. The van der Waals surface area contributed by atoms with Crippen molar-refractivity contribution in [3.8, 4) is 0 Å². The molecule has 0 aromatic carbocycles. The lowest BCUT2D eigenvalue weighted by molar-refractivity contribution is -0.144. The van der Waals surface area contributed by atoms with Crippen molar-refractivity contribution in [3.05, 3.63) is 0 Å². The fourth-order valence-electron chi connectivity index (χ4n) is 0.965. The number of esters is 1. The molecule has 0 aromatic heterocycles. The summed E-state index contributed by atoms with van der Waals surface area (Å²) in [6, 6.07) is 0. The van der Waals surface area contributed by atoms with Gasteiger partial charge < -0.3 is 4.74 Å². The molecule has 1 aliphatic rings. The maximum atomic E-state index is 10.6. The summed E-state index contributed by atoms with van der Waals surface area (Å²) in [5.74, 6) is 2.19. The zero-order valence-corrected chi connectivity index (χ0v) is 8.33. The zero-order valence-electron chi connectivity index (χ0n) is 6.70. The maximum absolute atomic E-state index is 10.6. The third-order valence-electron chi connectivity index (χ3n) is 1.38. The summed E-state index contributed by atoms with van der Waals surface area (Å²) in [6.45, 7) is 3.41. The molecule has 0 unspecified atom stereocenters. The van der Waals surface area contributed by atoms with Crippen LogP contribution >= 0.6 is 23.5 Å². The van der Waals surface area contributed by atoms with E-state index in [1.165, 1.54) is 18.4 Å². The molecule has 1 aliphatic heterocycles. The minimum atomic E-state index is -0.175. The average Bonchev–Trinajstić information content (AvgIpc) is 2.35. The molecule has 0 bridgehead atoms. The van der Waals surface area contributed by atoms with Crippen LogP contribution in [0.15, 0.2) is 0 Å². The number of carbonyl (C=O) groups excluding carboxylic acids is 1. The molecule has 0 spiro atoms. The quantitative estimate of drug-likeness (QED) is 0.623. The van der Waals surface area contributed by atoms with Gasteiger partial charge in [0.1, 0.15) is 6.10 Å². The lowest BCUT2D eigenvalue weighted by Crippen LogP contribution is -2.20.